The van der Waals surface area contributed by atoms with Gasteiger partial charge in [0.05, 0.1) is 6.21 Å². The number of nitrogens with zero attached hydrogens (tertiary/aromatic N) is 2. The fraction of sp³-hybridized carbons (Fsp3) is 0.400. The van der Waals surface area contributed by atoms with E-state index in [2.05, 4.69) is 10.2 Å². The van der Waals surface area contributed by atoms with E-state index in [4.69, 9.17) is 5.41 Å². The van der Waals surface area contributed by atoms with Crippen molar-refractivity contribution in [3.8, 4) is 0 Å². The number of hydrogen-bond donors (Lipinski definition) is 1. The Bertz CT molecular complexity index is 120. The number of nitrogens with one attached hydrogen (secondary N) is 1. The first-order valence-electron chi connectivity index (χ1n) is 2.30. The number of hydrogen-bond acceptors (Lipinski definition) is 3. The van der Waals surface area contributed by atoms with Crippen molar-refractivity contribution in [1.82, 2.24) is 0 Å². The summed E-state index contributed by atoms with van der Waals surface area (Å²) in [6.45, 7) is 3.70. The molecule has 0 spiro atoms. The summed E-state index contributed by atoms with van der Waals surface area (Å²) in [7, 11) is 0. The van der Waals surface area contributed by atoms with Crippen LogP contribution in [0, 0.1) is 5.41 Å². The first-order chi connectivity index (χ1) is 3.77. The summed E-state index contributed by atoms with van der Waals surface area (Å²) in [5.41, 5.74) is 0.892. The summed E-state index contributed by atoms with van der Waals surface area (Å²) >= 11 is 0. The lowest BCUT2D eigenvalue weighted by Crippen LogP contribution is -1.77. The minimum absolute atomic E-state index is 0.892. The topological polar surface area (TPSA) is 48.6 Å². The molecular formula is C5H9N3. The first kappa shape index (κ1) is 7.01. The van der Waals surface area contributed by atoms with Crippen LogP contribution in [-0.4, -0.2) is 18.1 Å². The second-order valence-electron chi connectivity index (χ2n) is 1.48. The molecule has 0 aromatic heterocycles. The van der Waals surface area contributed by atoms with Crippen LogP contribution in [0.3, 0.4) is 0 Å². The Morgan fingerprint density at radius 3 is 2.50 bits per heavy atom. The highest BCUT2D eigenvalue weighted by Crippen LogP contribution is 1.72. The van der Waals surface area contributed by atoms with E-state index >= 15 is 0 Å². The molecule has 0 aromatic carbocycles. The molecule has 0 saturated carbocycles. The van der Waals surface area contributed by atoms with E-state index in [-0.39, 0.29) is 0 Å². The van der Waals surface area contributed by atoms with Gasteiger partial charge in [0.25, 0.3) is 0 Å². The van der Waals surface area contributed by atoms with E-state index in [1.54, 1.807) is 0 Å². The van der Waals surface area contributed by atoms with Gasteiger partial charge in [0.2, 0.25) is 0 Å². The maximum absolute atomic E-state index is 6.50. The molecule has 0 aliphatic heterocycles. The van der Waals surface area contributed by atoms with Gasteiger partial charge in [0.1, 0.15) is 0 Å². The van der Waals surface area contributed by atoms with Gasteiger partial charge in [0, 0.05) is 11.9 Å². The Hall–Kier alpha value is -0.990. The first-order valence-corrected chi connectivity index (χ1v) is 2.30. The van der Waals surface area contributed by atoms with E-state index < -0.39 is 0 Å². The molecule has 0 amide bonds. The molecule has 3 nitrogen and oxygen atoms in total. The molecule has 0 radical (unpaired) electrons. The second kappa shape index (κ2) is 4.18. The van der Waals surface area contributed by atoms with Crippen molar-refractivity contribution in [2.45, 2.75) is 13.8 Å². The molecule has 0 aliphatic rings. The maximum Gasteiger partial charge on any atom is 0.0671 e. The van der Waals surface area contributed by atoms with Crippen LogP contribution >= 0.6 is 0 Å². The third kappa shape index (κ3) is 5.01. The van der Waals surface area contributed by atoms with E-state index in [0.29, 0.717) is 0 Å². The minimum Gasteiger partial charge on any atom is -0.307 e. The van der Waals surface area contributed by atoms with Crippen molar-refractivity contribution < 1.29 is 0 Å². The van der Waals surface area contributed by atoms with Crippen LogP contribution in [0.5, 0.6) is 0 Å². The molecule has 44 valence electrons. The van der Waals surface area contributed by atoms with Crippen LogP contribution in [0.25, 0.3) is 0 Å². The van der Waals surface area contributed by atoms with Gasteiger partial charge in [-0.1, -0.05) is 0 Å². The molecule has 8 heavy (non-hydrogen) atoms. The molecule has 0 atom stereocenters. The van der Waals surface area contributed by atoms with Gasteiger partial charge < -0.3 is 5.41 Å². The molecule has 0 fully saturated rings. The molecular weight excluding hydrogens is 102 g/mol. The SMILES string of the molecule is CC(C)=N/N=C\C=N. The minimum atomic E-state index is 0.892. The average molecular weight is 111 g/mol. The van der Waals surface area contributed by atoms with Gasteiger partial charge in [-0.2, -0.15) is 10.2 Å². The molecule has 0 aromatic rings. The largest absolute Gasteiger partial charge is 0.307 e. The Kier molecular flexibility index (Phi) is 3.66. The zero-order valence-electron chi connectivity index (χ0n) is 5.05. The third-order valence-corrected chi connectivity index (χ3v) is 0.399. The van der Waals surface area contributed by atoms with Crippen LogP contribution in [0.4, 0.5) is 0 Å². The fourth-order valence-electron chi connectivity index (χ4n) is 0.182. The van der Waals surface area contributed by atoms with Crippen molar-refractivity contribution in [3.05, 3.63) is 0 Å². The Labute approximate surface area is 48.6 Å². The molecule has 0 aliphatic carbocycles. The summed E-state index contributed by atoms with van der Waals surface area (Å²) < 4.78 is 0. The normalized spacial score (nSPS) is 9.25. The summed E-state index contributed by atoms with van der Waals surface area (Å²) in [6, 6.07) is 0. The predicted molar refractivity (Wildman–Crippen MR) is 36.1 cm³/mol. The zero-order valence-corrected chi connectivity index (χ0v) is 5.05. The fourth-order valence-corrected chi connectivity index (χ4v) is 0.182. The van der Waals surface area contributed by atoms with Gasteiger partial charge in [-0.3, -0.25) is 0 Å². The lowest BCUT2D eigenvalue weighted by molar-refractivity contribution is 1.24. The van der Waals surface area contributed by atoms with Crippen molar-refractivity contribution in [1.29, 1.82) is 5.41 Å². The van der Waals surface area contributed by atoms with Crippen molar-refractivity contribution in [2.75, 3.05) is 0 Å². The van der Waals surface area contributed by atoms with Crippen LogP contribution in [0.1, 0.15) is 13.8 Å². The Balaban J connectivity index is 3.57. The lowest BCUT2D eigenvalue weighted by Gasteiger charge is -1.77. The Morgan fingerprint density at radius 2 is 2.12 bits per heavy atom. The van der Waals surface area contributed by atoms with Crippen molar-refractivity contribution in [3.63, 3.8) is 0 Å². The highest BCUT2D eigenvalue weighted by Gasteiger charge is 1.68. The summed E-state index contributed by atoms with van der Waals surface area (Å²) in [5.74, 6) is 0. The molecule has 0 bridgehead atoms. The second-order valence-corrected chi connectivity index (χ2v) is 1.48. The molecule has 0 saturated heterocycles. The summed E-state index contributed by atoms with van der Waals surface area (Å²) in [4.78, 5) is 0. The summed E-state index contributed by atoms with van der Waals surface area (Å²) in [5, 5.41) is 13.7. The van der Waals surface area contributed by atoms with E-state index in [1.165, 1.54) is 6.21 Å². The van der Waals surface area contributed by atoms with Crippen LogP contribution in [-0.2, 0) is 0 Å². The smallest absolute Gasteiger partial charge is 0.0671 e. The highest BCUT2D eigenvalue weighted by molar-refractivity contribution is 6.14. The summed E-state index contributed by atoms with van der Waals surface area (Å²) in [6.07, 6.45) is 2.42. The third-order valence-electron chi connectivity index (χ3n) is 0.399. The zero-order chi connectivity index (χ0) is 6.41. The van der Waals surface area contributed by atoms with Crippen molar-refractivity contribution >= 4 is 18.1 Å². The van der Waals surface area contributed by atoms with E-state index in [9.17, 15) is 0 Å². The van der Waals surface area contributed by atoms with Gasteiger partial charge in [0.15, 0.2) is 0 Å². The molecule has 0 rings (SSSR count). The standard InChI is InChI=1S/C5H9N3/c1-5(2)8-7-4-3-6/h3-4,6H,1-2H3/b6-3?,7-4-. The van der Waals surface area contributed by atoms with E-state index in [0.717, 1.165) is 11.9 Å². The van der Waals surface area contributed by atoms with Gasteiger partial charge >= 0.3 is 0 Å². The quantitative estimate of drug-likeness (QED) is 0.410. The highest BCUT2D eigenvalue weighted by atomic mass is 15.2. The predicted octanol–water partition coefficient (Wildman–Crippen LogP) is 1.10. The Morgan fingerprint density at radius 1 is 1.50 bits per heavy atom. The average Bonchev–Trinajstić information content (AvgIpc) is 1.66. The number of rotatable bonds is 2. The van der Waals surface area contributed by atoms with Crippen LogP contribution in [0.15, 0.2) is 10.2 Å². The molecule has 0 unspecified atom stereocenters. The van der Waals surface area contributed by atoms with Gasteiger partial charge in [-0.25, -0.2) is 0 Å². The van der Waals surface area contributed by atoms with Crippen LogP contribution < -0.4 is 0 Å². The van der Waals surface area contributed by atoms with Crippen molar-refractivity contribution in [2.24, 2.45) is 10.2 Å². The van der Waals surface area contributed by atoms with Gasteiger partial charge in [-0.05, 0) is 13.8 Å². The van der Waals surface area contributed by atoms with Crippen LogP contribution in [0.2, 0.25) is 0 Å². The van der Waals surface area contributed by atoms with Gasteiger partial charge in [-0.15, -0.1) is 0 Å². The van der Waals surface area contributed by atoms with E-state index in [1.807, 2.05) is 13.8 Å². The monoisotopic (exact) mass is 111 g/mol. The molecule has 1 N–H and O–H groups in total. The lowest BCUT2D eigenvalue weighted by atomic mass is 10.5. The maximum atomic E-state index is 6.50. The molecule has 0 heterocycles. The molecule has 3 heteroatoms.